The molecule has 2 heterocycles. The Kier molecular flexibility index (Phi) is 4.77. The third kappa shape index (κ3) is 3.12. The summed E-state index contributed by atoms with van der Waals surface area (Å²) in [7, 11) is 1.66. The number of carbonyl (C=O) groups excluding carboxylic acids is 2. The summed E-state index contributed by atoms with van der Waals surface area (Å²) in [6.45, 7) is 2.59. The number of ether oxygens (including phenoxy) is 1. The second-order valence-corrected chi connectivity index (χ2v) is 9.04. The van der Waals surface area contributed by atoms with E-state index in [0.29, 0.717) is 13.1 Å². The van der Waals surface area contributed by atoms with Crippen molar-refractivity contribution in [2.75, 3.05) is 26.8 Å². The zero-order valence-corrected chi connectivity index (χ0v) is 18.0. The first-order chi connectivity index (χ1) is 15.0. The number of rotatable bonds is 5. The maximum absolute atomic E-state index is 13.0. The molecular formula is C25H28N2O4. The summed E-state index contributed by atoms with van der Waals surface area (Å²) < 4.78 is 5.33. The number of hydrogen-bond acceptors (Lipinski definition) is 4. The molecule has 1 spiro atoms. The minimum absolute atomic E-state index is 0.0233. The van der Waals surface area contributed by atoms with E-state index in [-0.39, 0.29) is 36.3 Å². The molecule has 2 aromatic carbocycles. The van der Waals surface area contributed by atoms with Gasteiger partial charge >= 0.3 is 0 Å². The Balaban J connectivity index is 1.44. The van der Waals surface area contributed by atoms with Gasteiger partial charge in [0.15, 0.2) is 0 Å². The van der Waals surface area contributed by atoms with Crippen molar-refractivity contribution < 1.29 is 19.4 Å². The number of hydrogen-bond donors (Lipinski definition) is 1. The summed E-state index contributed by atoms with van der Waals surface area (Å²) in [5, 5.41) is 10.2. The summed E-state index contributed by atoms with van der Waals surface area (Å²) in [4.78, 5) is 28.6. The Hall–Kier alpha value is -2.86. The van der Waals surface area contributed by atoms with Crippen LogP contribution in [0.1, 0.15) is 31.2 Å². The molecule has 1 N–H and O–H groups in total. The Labute approximate surface area is 182 Å². The first-order valence-electron chi connectivity index (χ1n) is 10.9. The standard InChI is InChI=1S/C25H28N2O4/c1-16(29)26-14-25(15-26)23(22(13-28)27(25)24(30)19-10-11-19)18-8-6-17(7-9-18)20-4-3-5-21(12-20)31-2/h3-9,12,19,22-23,28H,10-11,13-15H2,1-2H3/t22-,23-/m0/s1. The van der Waals surface area contributed by atoms with Crippen molar-refractivity contribution in [2.24, 2.45) is 5.92 Å². The number of likely N-dealkylation sites (tertiary alicyclic amines) is 2. The van der Waals surface area contributed by atoms with E-state index in [9.17, 15) is 14.7 Å². The van der Waals surface area contributed by atoms with Gasteiger partial charge in [-0.3, -0.25) is 9.59 Å². The summed E-state index contributed by atoms with van der Waals surface area (Å²) in [5.74, 6) is 1.10. The number of methoxy groups -OCH3 is 1. The predicted octanol–water partition coefficient (Wildman–Crippen LogP) is 2.66. The first-order valence-corrected chi connectivity index (χ1v) is 10.9. The van der Waals surface area contributed by atoms with Crippen LogP contribution in [-0.2, 0) is 9.59 Å². The summed E-state index contributed by atoms with van der Waals surface area (Å²) >= 11 is 0. The van der Waals surface area contributed by atoms with Crippen molar-refractivity contribution in [3.05, 3.63) is 54.1 Å². The number of benzene rings is 2. The molecule has 6 nitrogen and oxygen atoms in total. The Morgan fingerprint density at radius 3 is 2.39 bits per heavy atom. The van der Waals surface area contributed by atoms with Gasteiger partial charge in [0, 0.05) is 31.8 Å². The summed E-state index contributed by atoms with van der Waals surface area (Å²) in [5.41, 5.74) is 2.87. The second kappa shape index (κ2) is 7.38. The number of aliphatic hydroxyl groups is 1. The van der Waals surface area contributed by atoms with Crippen LogP contribution in [0.2, 0.25) is 0 Å². The van der Waals surface area contributed by atoms with E-state index in [0.717, 1.165) is 35.3 Å². The molecule has 0 unspecified atom stereocenters. The van der Waals surface area contributed by atoms with Crippen LogP contribution in [0.4, 0.5) is 0 Å². The lowest BCUT2D eigenvalue weighted by molar-refractivity contribution is -0.203. The van der Waals surface area contributed by atoms with Crippen LogP contribution in [0.3, 0.4) is 0 Å². The topological polar surface area (TPSA) is 70.1 Å². The highest BCUT2D eigenvalue weighted by Crippen LogP contribution is 2.55. The third-order valence-electron chi connectivity index (χ3n) is 7.17. The molecule has 1 aliphatic carbocycles. The summed E-state index contributed by atoms with van der Waals surface area (Å²) in [6, 6.07) is 16.1. The van der Waals surface area contributed by atoms with Crippen molar-refractivity contribution in [1.82, 2.24) is 9.80 Å². The average Bonchev–Trinajstić information content (AvgIpc) is 3.58. The number of amides is 2. The molecule has 0 bridgehead atoms. The van der Waals surface area contributed by atoms with Crippen molar-refractivity contribution in [2.45, 2.75) is 37.3 Å². The molecule has 0 aromatic heterocycles. The van der Waals surface area contributed by atoms with Crippen LogP contribution in [0, 0.1) is 5.92 Å². The largest absolute Gasteiger partial charge is 0.497 e. The van der Waals surface area contributed by atoms with Gasteiger partial charge in [-0.1, -0.05) is 36.4 Å². The van der Waals surface area contributed by atoms with Gasteiger partial charge in [-0.15, -0.1) is 0 Å². The maximum Gasteiger partial charge on any atom is 0.226 e. The molecule has 2 amide bonds. The maximum atomic E-state index is 13.0. The second-order valence-electron chi connectivity index (χ2n) is 9.04. The van der Waals surface area contributed by atoms with Crippen molar-refractivity contribution >= 4 is 11.8 Å². The van der Waals surface area contributed by atoms with Gasteiger partial charge in [-0.05, 0) is 41.7 Å². The van der Waals surface area contributed by atoms with Crippen LogP contribution in [0.5, 0.6) is 5.75 Å². The number of aliphatic hydroxyl groups excluding tert-OH is 1. The van der Waals surface area contributed by atoms with Gasteiger partial charge in [-0.2, -0.15) is 0 Å². The normalized spacial score (nSPS) is 23.8. The third-order valence-corrected chi connectivity index (χ3v) is 7.17. The average molecular weight is 421 g/mol. The molecule has 3 fully saturated rings. The Bertz CT molecular complexity index is 1010. The molecule has 2 saturated heterocycles. The van der Waals surface area contributed by atoms with Gasteiger partial charge in [-0.25, -0.2) is 0 Å². The van der Waals surface area contributed by atoms with Crippen LogP contribution in [-0.4, -0.2) is 65.1 Å². The van der Waals surface area contributed by atoms with E-state index in [1.165, 1.54) is 0 Å². The highest BCUT2D eigenvalue weighted by atomic mass is 16.5. The molecule has 2 atom stereocenters. The Morgan fingerprint density at radius 2 is 1.81 bits per heavy atom. The van der Waals surface area contributed by atoms with Gasteiger partial charge < -0.3 is 19.6 Å². The minimum atomic E-state index is -0.393. The van der Waals surface area contributed by atoms with E-state index < -0.39 is 5.54 Å². The van der Waals surface area contributed by atoms with Gasteiger partial charge in [0.2, 0.25) is 11.8 Å². The quantitative estimate of drug-likeness (QED) is 0.808. The van der Waals surface area contributed by atoms with E-state index in [1.54, 1.807) is 18.9 Å². The van der Waals surface area contributed by atoms with Crippen molar-refractivity contribution in [3.8, 4) is 16.9 Å². The van der Waals surface area contributed by atoms with E-state index >= 15 is 0 Å². The number of carbonyl (C=O) groups is 2. The smallest absolute Gasteiger partial charge is 0.226 e. The fourth-order valence-electron chi connectivity index (χ4n) is 5.41. The molecular weight excluding hydrogens is 392 g/mol. The highest BCUT2D eigenvalue weighted by Gasteiger charge is 2.68. The van der Waals surface area contributed by atoms with Gasteiger partial charge in [0.25, 0.3) is 0 Å². The molecule has 2 aromatic rings. The fourth-order valence-corrected chi connectivity index (χ4v) is 5.41. The highest BCUT2D eigenvalue weighted by molar-refractivity contribution is 5.85. The predicted molar refractivity (Wildman–Crippen MR) is 117 cm³/mol. The lowest BCUT2D eigenvalue weighted by Crippen LogP contribution is -2.86. The van der Waals surface area contributed by atoms with Crippen molar-refractivity contribution in [3.63, 3.8) is 0 Å². The molecule has 6 heteroatoms. The minimum Gasteiger partial charge on any atom is -0.497 e. The zero-order chi connectivity index (χ0) is 21.8. The monoisotopic (exact) mass is 420 g/mol. The van der Waals surface area contributed by atoms with Gasteiger partial charge in [0.05, 0.1) is 25.3 Å². The fraction of sp³-hybridized carbons (Fsp3) is 0.440. The first kappa shape index (κ1) is 20.1. The van der Waals surface area contributed by atoms with Crippen molar-refractivity contribution in [1.29, 1.82) is 0 Å². The van der Waals surface area contributed by atoms with Crippen LogP contribution in [0.25, 0.3) is 11.1 Å². The molecule has 2 aliphatic heterocycles. The van der Waals surface area contributed by atoms with Crippen LogP contribution in [0.15, 0.2) is 48.5 Å². The molecule has 5 rings (SSSR count). The van der Waals surface area contributed by atoms with Crippen LogP contribution < -0.4 is 4.74 Å². The van der Waals surface area contributed by atoms with E-state index in [2.05, 4.69) is 24.3 Å². The van der Waals surface area contributed by atoms with Crippen LogP contribution >= 0.6 is 0 Å². The summed E-state index contributed by atoms with van der Waals surface area (Å²) in [6.07, 6.45) is 1.86. The van der Waals surface area contributed by atoms with E-state index in [4.69, 9.17) is 4.74 Å². The van der Waals surface area contributed by atoms with Gasteiger partial charge in [0.1, 0.15) is 5.75 Å². The zero-order valence-electron chi connectivity index (χ0n) is 18.0. The molecule has 1 saturated carbocycles. The molecule has 3 aliphatic rings. The molecule has 162 valence electrons. The lowest BCUT2D eigenvalue weighted by Gasteiger charge is -2.70. The molecule has 31 heavy (non-hydrogen) atoms. The SMILES string of the molecule is COc1cccc(-c2ccc([C@H]3[C@H](CO)N(C(=O)C4CC4)C34CN(C(C)=O)C4)cc2)c1. The Morgan fingerprint density at radius 1 is 1.10 bits per heavy atom. The van der Waals surface area contributed by atoms with E-state index in [1.807, 2.05) is 29.2 Å². The lowest BCUT2D eigenvalue weighted by atomic mass is 9.60. The number of nitrogens with zero attached hydrogens (tertiary/aromatic N) is 2. The molecule has 0 radical (unpaired) electrons.